The van der Waals surface area contributed by atoms with Crippen molar-refractivity contribution >= 4 is 16.8 Å². The number of benzene rings is 1. The first-order valence-electron chi connectivity index (χ1n) is 7.51. The van der Waals surface area contributed by atoms with Gasteiger partial charge >= 0.3 is 0 Å². The minimum Gasteiger partial charge on any atom is -0.383 e. The predicted molar refractivity (Wildman–Crippen MR) is 88.1 cm³/mol. The molecule has 1 aromatic carbocycles. The van der Waals surface area contributed by atoms with Crippen LogP contribution in [0.5, 0.6) is 0 Å². The van der Waals surface area contributed by atoms with Crippen LogP contribution in [0.25, 0.3) is 10.9 Å². The maximum absolute atomic E-state index is 13.0. The summed E-state index contributed by atoms with van der Waals surface area (Å²) in [5.74, 6) is -0.0108. The second-order valence-corrected chi connectivity index (χ2v) is 5.49. The maximum Gasteiger partial charge on any atom is 0.256 e. The quantitative estimate of drug-likeness (QED) is 0.759. The van der Waals surface area contributed by atoms with E-state index in [1.165, 1.54) is 0 Å². The van der Waals surface area contributed by atoms with Gasteiger partial charge in [-0.05, 0) is 6.07 Å². The molecule has 0 saturated heterocycles. The van der Waals surface area contributed by atoms with Crippen molar-refractivity contribution in [3.63, 3.8) is 0 Å². The van der Waals surface area contributed by atoms with Gasteiger partial charge in [0, 0.05) is 56.1 Å². The van der Waals surface area contributed by atoms with Crippen LogP contribution in [0.2, 0.25) is 0 Å². The zero-order valence-electron chi connectivity index (χ0n) is 13.3. The second-order valence-electron chi connectivity index (χ2n) is 5.49. The summed E-state index contributed by atoms with van der Waals surface area (Å²) >= 11 is 0. The van der Waals surface area contributed by atoms with Crippen LogP contribution in [0.4, 0.5) is 0 Å². The van der Waals surface area contributed by atoms with Gasteiger partial charge < -0.3 is 14.6 Å². The normalized spacial score (nSPS) is 11.0. The topological polar surface area (TPSA) is 63.1 Å². The Morgan fingerprint density at radius 1 is 1.39 bits per heavy atom. The third-order valence-corrected chi connectivity index (χ3v) is 3.80. The Bertz CT molecular complexity index is 806. The molecular formula is C17H20N4O2. The Hall–Kier alpha value is -2.60. The highest BCUT2D eigenvalue weighted by Gasteiger charge is 2.19. The number of fused-ring (bicyclic) bond motifs is 1. The van der Waals surface area contributed by atoms with Crippen molar-refractivity contribution in [1.29, 1.82) is 0 Å². The number of aryl methyl sites for hydroxylation is 1. The maximum atomic E-state index is 13.0. The molecule has 0 aliphatic rings. The number of amides is 1. The van der Waals surface area contributed by atoms with Crippen LogP contribution < -0.4 is 0 Å². The van der Waals surface area contributed by atoms with Crippen LogP contribution in [0.15, 0.2) is 42.9 Å². The van der Waals surface area contributed by atoms with Crippen LogP contribution in [0.1, 0.15) is 15.9 Å². The van der Waals surface area contributed by atoms with Gasteiger partial charge in [-0.3, -0.25) is 9.48 Å². The minimum atomic E-state index is -0.0108. The van der Waals surface area contributed by atoms with E-state index in [4.69, 9.17) is 4.74 Å². The number of aromatic nitrogens is 3. The molecule has 2 heterocycles. The molecule has 0 bridgehead atoms. The number of hydrogen-bond acceptors (Lipinski definition) is 3. The van der Waals surface area contributed by atoms with Crippen molar-refractivity contribution in [3.8, 4) is 0 Å². The second kappa shape index (κ2) is 6.66. The van der Waals surface area contributed by atoms with Crippen LogP contribution in [0, 0.1) is 0 Å². The van der Waals surface area contributed by atoms with Crippen molar-refractivity contribution < 1.29 is 9.53 Å². The first-order chi connectivity index (χ1) is 11.2. The Balaban J connectivity index is 1.87. The molecule has 0 radical (unpaired) electrons. The first kappa shape index (κ1) is 15.3. The summed E-state index contributed by atoms with van der Waals surface area (Å²) in [6, 6.07) is 7.81. The van der Waals surface area contributed by atoms with E-state index in [0.717, 1.165) is 16.5 Å². The smallest absolute Gasteiger partial charge is 0.256 e. The number of ether oxygens (including phenoxy) is 1. The molecule has 0 aliphatic carbocycles. The standard InChI is InChI=1S/C17H20N4O2/c1-20-11-13(9-19-20)12-21(7-8-23-2)17(22)15-10-18-16-6-4-3-5-14(15)16/h3-6,9-11,18H,7-8,12H2,1-2H3. The average molecular weight is 312 g/mol. The molecule has 0 atom stereocenters. The fraction of sp³-hybridized carbons (Fsp3) is 0.294. The first-order valence-corrected chi connectivity index (χ1v) is 7.51. The fourth-order valence-corrected chi connectivity index (χ4v) is 2.65. The molecule has 2 aromatic heterocycles. The van der Waals surface area contributed by atoms with E-state index in [2.05, 4.69) is 10.1 Å². The zero-order valence-corrected chi connectivity index (χ0v) is 13.3. The number of aromatic amines is 1. The van der Waals surface area contributed by atoms with Crippen LogP contribution in [-0.4, -0.2) is 45.8 Å². The number of methoxy groups -OCH3 is 1. The zero-order chi connectivity index (χ0) is 16.2. The van der Waals surface area contributed by atoms with E-state index in [-0.39, 0.29) is 5.91 Å². The van der Waals surface area contributed by atoms with Gasteiger partial charge in [0.25, 0.3) is 5.91 Å². The molecule has 6 heteroatoms. The van der Waals surface area contributed by atoms with Gasteiger partial charge in [0.1, 0.15) is 0 Å². The van der Waals surface area contributed by atoms with Gasteiger partial charge in [-0.1, -0.05) is 18.2 Å². The third-order valence-electron chi connectivity index (χ3n) is 3.80. The van der Waals surface area contributed by atoms with E-state index in [1.54, 1.807) is 29.1 Å². The molecule has 23 heavy (non-hydrogen) atoms. The molecule has 6 nitrogen and oxygen atoms in total. The molecule has 3 rings (SSSR count). The van der Waals surface area contributed by atoms with E-state index in [1.807, 2.05) is 37.5 Å². The third kappa shape index (κ3) is 3.27. The number of rotatable bonds is 6. The lowest BCUT2D eigenvalue weighted by Gasteiger charge is -2.21. The largest absolute Gasteiger partial charge is 0.383 e. The summed E-state index contributed by atoms with van der Waals surface area (Å²) < 4.78 is 6.88. The van der Waals surface area contributed by atoms with Crippen molar-refractivity contribution in [2.75, 3.05) is 20.3 Å². The van der Waals surface area contributed by atoms with Gasteiger partial charge in [0.15, 0.2) is 0 Å². The number of nitrogens with one attached hydrogen (secondary N) is 1. The van der Waals surface area contributed by atoms with Gasteiger partial charge in [0.2, 0.25) is 0 Å². The summed E-state index contributed by atoms with van der Waals surface area (Å²) in [7, 11) is 3.50. The van der Waals surface area contributed by atoms with Crippen molar-refractivity contribution in [2.45, 2.75) is 6.54 Å². The Morgan fingerprint density at radius 3 is 2.96 bits per heavy atom. The van der Waals surface area contributed by atoms with Crippen molar-refractivity contribution in [3.05, 3.63) is 54.0 Å². The molecule has 0 saturated carbocycles. The Labute approximate surface area is 134 Å². The summed E-state index contributed by atoms with van der Waals surface area (Å²) in [5, 5.41) is 5.10. The summed E-state index contributed by atoms with van der Waals surface area (Å²) in [5.41, 5.74) is 2.64. The highest BCUT2D eigenvalue weighted by Crippen LogP contribution is 2.20. The molecule has 0 aliphatic heterocycles. The van der Waals surface area contributed by atoms with Gasteiger partial charge in [-0.25, -0.2) is 0 Å². The van der Waals surface area contributed by atoms with Crippen LogP contribution in [-0.2, 0) is 18.3 Å². The highest BCUT2D eigenvalue weighted by molar-refractivity contribution is 6.06. The van der Waals surface area contributed by atoms with Crippen LogP contribution >= 0.6 is 0 Å². The molecule has 1 N–H and O–H groups in total. The summed E-state index contributed by atoms with van der Waals surface area (Å²) in [4.78, 5) is 17.9. The summed E-state index contributed by atoms with van der Waals surface area (Å²) in [6.07, 6.45) is 5.47. The van der Waals surface area contributed by atoms with Crippen molar-refractivity contribution in [1.82, 2.24) is 19.7 Å². The lowest BCUT2D eigenvalue weighted by atomic mass is 10.1. The molecular weight excluding hydrogens is 292 g/mol. The Morgan fingerprint density at radius 2 is 2.22 bits per heavy atom. The molecule has 3 aromatic rings. The molecule has 0 fully saturated rings. The van der Waals surface area contributed by atoms with E-state index in [0.29, 0.717) is 25.3 Å². The van der Waals surface area contributed by atoms with Crippen molar-refractivity contribution in [2.24, 2.45) is 7.05 Å². The van der Waals surface area contributed by atoms with Gasteiger partial charge in [-0.2, -0.15) is 5.10 Å². The van der Waals surface area contributed by atoms with E-state index in [9.17, 15) is 4.79 Å². The van der Waals surface area contributed by atoms with Crippen LogP contribution in [0.3, 0.4) is 0 Å². The minimum absolute atomic E-state index is 0.0108. The predicted octanol–water partition coefficient (Wildman–Crippen LogP) is 2.19. The summed E-state index contributed by atoms with van der Waals surface area (Å²) in [6.45, 7) is 1.54. The molecule has 0 unspecified atom stereocenters. The molecule has 0 spiro atoms. The van der Waals surface area contributed by atoms with E-state index >= 15 is 0 Å². The number of hydrogen-bond donors (Lipinski definition) is 1. The lowest BCUT2D eigenvalue weighted by molar-refractivity contribution is 0.0682. The molecule has 120 valence electrons. The monoisotopic (exact) mass is 312 g/mol. The fourth-order valence-electron chi connectivity index (χ4n) is 2.65. The average Bonchev–Trinajstić information content (AvgIpc) is 3.17. The lowest BCUT2D eigenvalue weighted by Crippen LogP contribution is -2.33. The highest BCUT2D eigenvalue weighted by atomic mass is 16.5. The number of para-hydroxylation sites is 1. The SMILES string of the molecule is COCCN(Cc1cnn(C)c1)C(=O)c1c[nH]c2ccccc12. The van der Waals surface area contributed by atoms with Gasteiger partial charge in [-0.15, -0.1) is 0 Å². The number of nitrogens with zero attached hydrogens (tertiary/aromatic N) is 3. The Kier molecular flexibility index (Phi) is 4.43. The van der Waals surface area contributed by atoms with E-state index < -0.39 is 0 Å². The van der Waals surface area contributed by atoms with Gasteiger partial charge in [0.05, 0.1) is 18.4 Å². The number of H-pyrrole nitrogens is 1. The number of carbonyl (C=O) groups is 1. The number of carbonyl (C=O) groups excluding carboxylic acids is 1. The molecule has 1 amide bonds.